The van der Waals surface area contributed by atoms with Gasteiger partial charge in [0.2, 0.25) is 17.7 Å². The number of unbranched alkanes of at least 4 members (excludes halogenated alkanes) is 2. The first-order chi connectivity index (χ1) is 15.5. The van der Waals surface area contributed by atoms with Gasteiger partial charge in [-0.25, -0.2) is 0 Å². The molecule has 0 spiro atoms. The summed E-state index contributed by atoms with van der Waals surface area (Å²) in [6, 6.07) is -0.614. The first kappa shape index (κ1) is 30.0. The molecule has 3 amide bonds. The van der Waals surface area contributed by atoms with Gasteiger partial charge in [0, 0.05) is 37.1 Å². The van der Waals surface area contributed by atoms with Crippen LogP contribution >= 0.6 is 0 Å². The summed E-state index contributed by atoms with van der Waals surface area (Å²) in [4.78, 5) is 63.8. The number of rotatable bonds is 12. The Balaban J connectivity index is 2.47. The van der Waals surface area contributed by atoms with Gasteiger partial charge in [-0.3, -0.25) is 28.9 Å². The van der Waals surface area contributed by atoms with Gasteiger partial charge >= 0.3 is 0 Å². The highest BCUT2D eigenvalue weighted by molar-refractivity contribution is 6.03. The number of Topliss-reactive ketones (excluding diaryl/α,β-unsaturated/α-hetero) is 2. The second-order valence-electron chi connectivity index (χ2n) is 12.3. The monoisotopic (exact) mass is 478 g/mol. The molecule has 1 heterocycles. The Morgan fingerprint density at radius 3 is 2.03 bits per heavy atom. The normalized spacial score (nSPS) is 18.9. The molecule has 1 N–H and O–H groups in total. The van der Waals surface area contributed by atoms with Crippen LogP contribution in [0.4, 0.5) is 0 Å². The predicted molar refractivity (Wildman–Crippen MR) is 133 cm³/mol. The van der Waals surface area contributed by atoms with Crippen LogP contribution in [0.1, 0.15) is 101 Å². The first-order valence-corrected chi connectivity index (χ1v) is 12.7. The van der Waals surface area contributed by atoms with E-state index in [0.717, 1.165) is 0 Å². The number of likely N-dealkylation sites (tertiary alicyclic amines) is 1. The van der Waals surface area contributed by atoms with Crippen molar-refractivity contribution in [2.24, 2.45) is 28.6 Å². The molecule has 1 unspecified atom stereocenters. The molecule has 194 valence electrons. The van der Waals surface area contributed by atoms with Crippen molar-refractivity contribution in [1.29, 1.82) is 0 Å². The number of nitrogens with one attached hydrogen (secondary N) is 1. The molecule has 1 saturated heterocycles. The third-order valence-corrected chi connectivity index (χ3v) is 6.60. The minimum absolute atomic E-state index is 0.0402. The number of nitrogens with zero attached hydrogens (tertiary/aromatic N) is 1. The molecular weight excluding hydrogens is 432 g/mol. The maximum Gasteiger partial charge on any atom is 0.233 e. The van der Waals surface area contributed by atoms with E-state index in [1.165, 1.54) is 4.90 Å². The van der Waals surface area contributed by atoms with Crippen molar-refractivity contribution in [2.75, 3.05) is 6.54 Å². The Hall–Kier alpha value is -2.05. The standard InChI is InChI=1S/C27H46N2O5/c1-17(2)23(20(30)15-18(3)24(33)27(7,8)9)28-21(31)13-11-10-12-14-29-22(32)16-19(25(29)34)26(4,5)6/h17-19,23H,10-16H2,1-9H3,(H,28,31)/t18-,19?,23+/m1/s1. The van der Waals surface area contributed by atoms with Crippen molar-refractivity contribution >= 4 is 29.3 Å². The van der Waals surface area contributed by atoms with Gasteiger partial charge in [0.15, 0.2) is 5.78 Å². The zero-order chi connectivity index (χ0) is 26.4. The molecule has 0 radical (unpaired) electrons. The van der Waals surface area contributed by atoms with E-state index in [1.807, 2.05) is 55.4 Å². The van der Waals surface area contributed by atoms with Crippen molar-refractivity contribution in [1.82, 2.24) is 10.2 Å². The fourth-order valence-corrected chi connectivity index (χ4v) is 4.45. The van der Waals surface area contributed by atoms with Gasteiger partial charge in [0.1, 0.15) is 5.78 Å². The summed E-state index contributed by atoms with van der Waals surface area (Å²) in [5.74, 6) is -1.20. The quantitative estimate of drug-likeness (QED) is 0.333. The van der Waals surface area contributed by atoms with E-state index < -0.39 is 11.5 Å². The summed E-state index contributed by atoms with van der Waals surface area (Å²) in [6.07, 6.45) is 2.65. The molecule has 1 fully saturated rings. The highest BCUT2D eigenvalue weighted by Crippen LogP contribution is 2.35. The minimum Gasteiger partial charge on any atom is -0.346 e. The third-order valence-electron chi connectivity index (χ3n) is 6.60. The molecule has 1 rings (SSSR count). The van der Waals surface area contributed by atoms with Crippen LogP contribution in [0.25, 0.3) is 0 Å². The smallest absolute Gasteiger partial charge is 0.233 e. The van der Waals surface area contributed by atoms with Gasteiger partial charge in [-0.05, 0) is 24.2 Å². The number of amides is 3. The van der Waals surface area contributed by atoms with Gasteiger partial charge in [0.25, 0.3) is 0 Å². The highest BCUT2D eigenvalue weighted by Gasteiger charge is 2.44. The summed E-state index contributed by atoms with van der Waals surface area (Å²) in [5, 5.41) is 2.85. The lowest BCUT2D eigenvalue weighted by Gasteiger charge is -2.25. The molecule has 0 aromatic carbocycles. The number of hydrogen-bond donors (Lipinski definition) is 1. The lowest BCUT2D eigenvalue weighted by atomic mass is 9.80. The largest absolute Gasteiger partial charge is 0.346 e. The lowest BCUT2D eigenvalue weighted by molar-refractivity contribution is -0.140. The summed E-state index contributed by atoms with van der Waals surface area (Å²) >= 11 is 0. The minimum atomic E-state index is -0.614. The van der Waals surface area contributed by atoms with E-state index in [0.29, 0.717) is 25.8 Å². The molecule has 0 aliphatic carbocycles. The summed E-state index contributed by atoms with van der Waals surface area (Å²) in [7, 11) is 0. The van der Waals surface area contributed by atoms with E-state index in [-0.39, 0.29) is 71.7 Å². The zero-order valence-corrected chi connectivity index (χ0v) is 22.7. The van der Waals surface area contributed by atoms with E-state index in [9.17, 15) is 24.0 Å². The van der Waals surface area contributed by atoms with Crippen LogP contribution in [0.3, 0.4) is 0 Å². The SMILES string of the molecule is CC(C)[C@H](NC(=O)CCCCCN1C(=O)CC(C(C)(C)C)C1=O)C(=O)C[C@@H](C)C(=O)C(C)(C)C. The second kappa shape index (κ2) is 12.1. The number of carbonyl (C=O) groups excluding carboxylic acids is 5. The molecule has 1 aliphatic rings. The zero-order valence-electron chi connectivity index (χ0n) is 22.7. The van der Waals surface area contributed by atoms with E-state index in [1.54, 1.807) is 6.92 Å². The van der Waals surface area contributed by atoms with Gasteiger partial charge in [0.05, 0.1) is 12.0 Å². The van der Waals surface area contributed by atoms with E-state index in [2.05, 4.69) is 5.32 Å². The maximum absolute atomic E-state index is 12.8. The average molecular weight is 479 g/mol. The van der Waals surface area contributed by atoms with Crippen molar-refractivity contribution in [3.63, 3.8) is 0 Å². The van der Waals surface area contributed by atoms with Gasteiger partial charge in [-0.2, -0.15) is 0 Å². The molecule has 7 nitrogen and oxygen atoms in total. The van der Waals surface area contributed by atoms with Crippen molar-refractivity contribution in [3.8, 4) is 0 Å². The first-order valence-electron chi connectivity index (χ1n) is 12.7. The Bertz CT molecular complexity index is 773. The van der Waals surface area contributed by atoms with Gasteiger partial charge in [-0.1, -0.05) is 68.7 Å². The molecule has 3 atom stereocenters. The van der Waals surface area contributed by atoms with Gasteiger partial charge < -0.3 is 5.32 Å². The second-order valence-corrected chi connectivity index (χ2v) is 12.3. The fraction of sp³-hybridized carbons (Fsp3) is 0.815. The molecule has 0 saturated carbocycles. The van der Waals surface area contributed by atoms with Crippen molar-refractivity contribution < 1.29 is 24.0 Å². The molecule has 0 aromatic rings. The van der Waals surface area contributed by atoms with E-state index in [4.69, 9.17) is 0 Å². The van der Waals surface area contributed by atoms with Crippen LogP contribution in [0, 0.1) is 28.6 Å². The molecule has 1 aliphatic heterocycles. The lowest BCUT2D eigenvalue weighted by Crippen LogP contribution is -2.45. The number of carbonyl (C=O) groups is 5. The van der Waals surface area contributed by atoms with Crippen LogP contribution in [0.15, 0.2) is 0 Å². The Labute approximate surface area is 205 Å². The topological polar surface area (TPSA) is 101 Å². The molecule has 0 aromatic heterocycles. The summed E-state index contributed by atoms with van der Waals surface area (Å²) in [6.45, 7) is 17.4. The van der Waals surface area contributed by atoms with Crippen LogP contribution < -0.4 is 5.32 Å². The predicted octanol–water partition coefficient (Wildman–Crippen LogP) is 4.32. The summed E-state index contributed by atoms with van der Waals surface area (Å²) < 4.78 is 0. The molecule has 7 heteroatoms. The maximum atomic E-state index is 12.8. The third kappa shape index (κ3) is 8.62. The number of ketones is 2. The Morgan fingerprint density at radius 2 is 1.56 bits per heavy atom. The number of hydrogen-bond acceptors (Lipinski definition) is 5. The van der Waals surface area contributed by atoms with Crippen molar-refractivity contribution in [3.05, 3.63) is 0 Å². The average Bonchev–Trinajstić information content (AvgIpc) is 2.98. The fourth-order valence-electron chi connectivity index (χ4n) is 4.45. The summed E-state index contributed by atoms with van der Waals surface area (Å²) in [5.41, 5.74) is -0.740. The van der Waals surface area contributed by atoms with Crippen LogP contribution in [0.2, 0.25) is 0 Å². The Morgan fingerprint density at radius 1 is 0.971 bits per heavy atom. The molecule has 34 heavy (non-hydrogen) atoms. The van der Waals surface area contributed by atoms with E-state index >= 15 is 0 Å². The highest BCUT2D eigenvalue weighted by atomic mass is 16.2. The molecule has 0 bridgehead atoms. The number of imide groups is 1. The van der Waals surface area contributed by atoms with Crippen molar-refractivity contribution in [2.45, 2.75) is 107 Å². The van der Waals surface area contributed by atoms with Crippen LogP contribution in [-0.4, -0.2) is 46.8 Å². The Kier molecular flexibility index (Phi) is 10.6. The molecular formula is C27H46N2O5. The van der Waals surface area contributed by atoms with Crippen LogP contribution in [0.5, 0.6) is 0 Å². The van der Waals surface area contributed by atoms with Gasteiger partial charge in [-0.15, -0.1) is 0 Å². The van der Waals surface area contributed by atoms with Crippen LogP contribution in [-0.2, 0) is 24.0 Å².